The fourth-order valence-electron chi connectivity index (χ4n) is 1.86. The van der Waals surface area contributed by atoms with Gasteiger partial charge in [-0.2, -0.15) is 0 Å². The molecule has 1 unspecified atom stereocenters. The molecule has 1 atom stereocenters. The summed E-state index contributed by atoms with van der Waals surface area (Å²) in [6.07, 6.45) is -0.340. The molecule has 0 aliphatic carbocycles. The fourth-order valence-corrected chi connectivity index (χ4v) is 2.31. The van der Waals surface area contributed by atoms with Gasteiger partial charge in [-0.3, -0.25) is 0 Å². The normalized spacial score (nSPS) is 12.2. The number of rotatable bonds is 5. The minimum absolute atomic E-state index is 0.247. The zero-order chi connectivity index (χ0) is 16.6. The van der Waals surface area contributed by atoms with Gasteiger partial charge in [0.1, 0.15) is 6.17 Å². The molecule has 120 valence electrons. The second kappa shape index (κ2) is 8.66. The quantitative estimate of drug-likeness (QED) is 0.906. The van der Waals surface area contributed by atoms with Gasteiger partial charge in [-0.15, -0.1) is 0 Å². The van der Waals surface area contributed by atoms with E-state index < -0.39 is 16.2 Å². The van der Waals surface area contributed by atoms with E-state index in [0.717, 1.165) is 17.4 Å². The molecule has 0 amide bonds. The average molecular weight is 323 g/mol. The predicted molar refractivity (Wildman–Crippen MR) is 89.9 cm³/mol. The Balaban J connectivity index is 0.00000116. The zero-order valence-corrected chi connectivity index (χ0v) is 13.9. The molecule has 2 rings (SSSR count). The molecule has 3 nitrogen and oxygen atoms in total. The first-order valence-corrected chi connectivity index (χ1v) is 9.09. The maximum atomic E-state index is 13.9. The van der Waals surface area contributed by atoms with E-state index in [0.29, 0.717) is 5.56 Å². The van der Waals surface area contributed by atoms with Crippen molar-refractivity contribution in [2.24, 2.45) is 0 Å². The molecule has 0 bridgehead atoms. The molecule has 0 spiro atoms. The summed E-state index contributed by atoms with van der Waals surface area (Å²) in [5.74, 6) is 0. The minimum Gasteiger partial charge on any atom is -0.241 e. The van der Waals surface area contributed by atoms with Crippen LogP contribution in [0, 0.1) is 0 Å². The van der Waals surface area contributed by atoms with Crippen LogP contribution in [0.3, 0.4) is 0 Å². The van der Waals surface area contributed by atoms with Gasteiger partial charge in [-0.05, 0) is 16.7 Å². The van der Waals surface area contributed by atoms with Crippen LogP contribution >= 0.6 is 0 Å². The Bertz CT molecular complexity index is 655. The maximum Gasteiger partial charge on any atom is 0.208 e. The molecule has 2 aromatic rings. The van der Waals surface area contributed by atoms with Gasteiger partial charge in [0.05, 0.1) is 6.26 Å². The maximum absolute atomic E-state index is 13.9. The van der Waals surface area contributed by atoms with Gasteiger partial charge < -0.3 is 0 Å². The van der Waals surface area contributed by atoms with Crippen LogP contribution in [-0.4, -0.2) is 21.2 Å². The Labute approximate surface area is 132 Å². The van der Waals surface area contributed by atoms with E-state index in [2.05, 4.69) is 4.72 Å². The Morgan fingerprint density at radius 1 is 0.955 bits per heavy atom. The molecule has 0 heterocycles. The highest BCUT2D eigenvalue weighted by atomic mass is 32.2. The van der Waals surface area contributed by atoms with Crippen LogP contribution in [0.1, 0.15) is 25.6 Å². The summed E-state index contributed by atoms with van der Waals surface area (Å²) < 4.78 is 37.9. The van der Waals surface area contributed by atoms with Crippen molar-refractivity contribution in [1.82, 2.24) is 4.72 Å². The van der Waals surface area contributed by atoms with Gasteiger partial charge in [-0.25, -0.2) is 17.5 Å². The lowest BCUT2D eigenvalue weighted by atomic mass is 10.0. The zero-order valence-electron chi connectivity index (χ0n) is 13.1. The second-order valence-electron chi connectivity index (χ2n) is 4.58. The van der Waals surface area contributed by atoms with Crippen LogP contribution in [0.25, 0.3) is 11.1 Å². The summed E-state index contributed by atoms with van der Waals surface area (Å²) in [5, 5.41) is 0. The van der Waals surface area contributed by atoms with Crippen molar-refractivity contribution < 1.29 is 12.8 Å². The number of sulfonamides is 1. The van der Waals surface area contributed by atoms with Crippen molar-refractivity contribution in [2.75, 3.05) is 12.8 Å². The summed E-state index contributed by atoms with van der Waals surface area (Å²) in [6.45, 7) is 3.75. The Kier molecular flexibility index (Phi) is 7.21. The third-order valence-corrected chi connectivity index (χ3v) is 3.60. The van der Waals surface area contributed by atoms with E-state index in [-0.39, 0.29) is 6.54 Å². The van der Waals surface area contributed by atoms with E-state index in [1.165, 1.54) is 0 Å². The minimum atomic E-state index is -3.37. The van der Waals surface area contributed by atoms with Crippen LogP contribution in [0.15, 0.2) is 54.6 Å². The Morgan fingerprint density at radius 3 is 1.95 bits per heavy atom. The van der Waals surface area contributed by atoms with Crippen molar-refractivity contribution in [2.45, 2.75) is 20.0 Å². The molecular formula is C17H22FNO2S. The summed E-state index contributed by atoms with van der Waals surface area (Å²) in [5.41, 5.74) is 2.52. The molecule has 0 aliphatic rings. The van der Waals surface area contributed by atoms with Crippen LogP contribution in [0.2, 0.25) is 0 Å². The van der Waals surface area contributed by atoms with Gasteiger partial charge in [0.2, 0.25) is 10.0 Å². The fraction of sp³-hybridized carbons (Fsp3) is 0.294. The second-order valence-corrected chi connectivity index (χ2v) is 6.41. The lowest BCUT2D eigenvalue weighted by molar-refractivity contribution is 0.343. The van der Waals surface area contributed by atoms with Crippen molar-refractivity contribution in [1.29, 1.82) is 0 Å². The predicted octanol–water partition coefficient (Wildman–Crippen LogP) is 3.94. The van der Waals surface area contributed by atoms with E-state index in [4.69, 9.17) is 0 Å². The third kappa shape index (κ3) is 5.95. The summed E-state index contributed by atoms with van der Waals surface area (Å²) in [4.78, 5) is 0. The van der Waals surface area contributed by atoms with Crippen LogP contribution < -0.4 is 4.72 Å². The molecule has 2 aromatic carbocycles. The van der Waals surface area contributed by atoms with Crippen molar-refractivity contribution in [3.63, 3.8) is 0 Å². The molecule has 0 radical (unpaired) electrons. The molecule has 0 aliphatic heterocycles. The molecule has 0 aromatic heterocycles. The molecular weight excluding hydrogens is 301 g/mol. The smallest absolute Gasteiger partial charge is 0.208 e. The molecule has 22 heavy (non-hydrogen) atoms. The van der Waals surface area contributed by atoms with Gasteiger partial charge in [-0.1, -0.05) is 68.4 Å². The molecule has 0 saturated heterocycles. The van der Waals surface area contributed by atoms with Gasteiger partial charge in [0.25, 0.3) is 0 Å². The van der Waals surface area contributed by atoms with Crippen LogP contribution in [0.5, 0.6) is 0 Å². The molecule has 0 fully saturated rings. The van der Waals surface area contributed by atoms with Gasteiger partial charge >= 0.3 is 0 Å². The van der Waals surface area contributed by atoms with E-state index in [1.807, 2.05) is 56.3 Å². The van der Waals surface area contributed by atoms with Crippen molar-refractivity contribution >= 4 is 10.0 Å². The summed E-state index contributed by atoms with van der Waals surface area (Å²) in [7, 11) is -3.37. The number of alkyl halides is 1. The first-order chi connectivity index (χ1) is 10.5. The van der Waals surface area contributed by atoms with Gasteiger partial charge in [0.15, 0.2) is 0 Å². The van der Waals surface area contributed by atoms with Crippen molar-refractivity contribution in [3.8, 4) is 11.1 Å². The number of benzene rings is 2. The average Bonchev–Trinajstić information content (AvgIpc) is 2.55. The SMILES string of the molecule is CC.CS(=O)(=O)NCC(F)c1ccc(-c2ccccc2)cc1. The Hall–Kier alpha value is -1.72. The topological polar surface area (TPSA) is 46.2 Å². The lowest BCUT2D eigenvalue weighted by Crippen LogP contribution is -2.25. The monoisotopic (exact) mass is 323 g/mol. The number of halogens is 1. The van der Waals surface area contributed by atoms with E-state index in [9.17, 15) is 12.8 Å². The molecule has 5 heteroatoms. The van der Waals surface area contributed by atoms with E-state index in [1.54, 1.807) is 12.1 Å². The standard InChI is InChI=1S/C15H16FNO2S.C2H6/c1-20(18,19)17-11-15(16)14-9-7-13(8-10-14)12-5-3-2-4-6-12;1-2/h2-10,15,17H,11H2,1H3;1-2H3. The number of hydrogen-bond donors (Lipinski definition) is 1. The molecule has 0 saturated carbocycles. The Morgan fingerprint density at radius 2 is 1.45 bits per heavy atom. The highest BCUT2D eigenvalue weighted by molar-refractivity contribution is 7.88. The van der Waals surface area contributed by atoms with Gasteiger partial charge in [0, 0.05) is 6.54 Å². The first kappa shape index (κ1) is 18.3. The lowest BCUT2D eigenvalue weighted by Gasteiger charge is -2.10. The molecule has 1 N–H and O–H groups in total. The number of nitrogens with one attached hydrogen (secondary N) is 1. The van der Waals surface area contributed by atoms with Crippen LogP contribution in [-0.2, 0) is 10.0 Å². The van der Waals surface area contributed by atoms with Crippen molar-refractivity contribution in [3.05, 3.63) is 60.2 Å². The summed E-state index contributed by atoms with van der Waals surface area (Å²) >= 11 is 0. The first-order valence-electron chi connectivity index (χ1n) is 7.20. The highest BCUT2D eigenvalue weighted by Crippen LogP contribution is 2.23. The number of hydrogen-bond acceptors (Lipinski definition) is 2. The largest absolute Gasteiger partial charge is 0.241 e. The third-order valence-electron chi connectivity index (χ3n) is 2.90. The highest BCUT2D eigenvalue weighted by Gasteiger charge is 2.12. The summed E-state index contributed by atoms with van der Waals surface area (Å²) in [6, 6.07) is 16.8. The van der Waals surface area contributed by atoms with Crippen LogP contribution in [0.4, 0.5) is 4.39 Å². The van der Waals surface area contributed by atoms with E-state index >= 15 is 0 Å².